The topological polar surface area (TPSA) is 46.6 Å². The minimum Gasteiger partial charge on any atom is -0.468 e. The lowest BCUT2D eigenvalue weighted by atomic mass is 10.1. The third-order valence-corrected chi connectivity index (χ3v) is 2.73. The smallest absolute Gasteiger partial charge is 0.325 e. The molecule has 0 bridgehead atoms. The van der Waals surface area contributed by atoms with Crippen LogP contribution in [0.2, 0.25) is 0 Å². The molecule has 0 spiro atoms. The summed E-state index contributed by atoms with van der Waals surface area (Å²) in [6.07, 6.45) is 0.592. The zero-order chi connectivity index (χ0) is 15.1. The molecule has 20 heavy (non-hydrogen) atoms. The van der Waals surface area contributed by atoms with Crippen LogP contribution in [-0.2, 0) is 20.7 Å². The molecule has 0 heterocycles. The molecule has 1 aromatic rings. The zero-order valence-electron chi connectivity index (χ0n) is 11.5. The molecule has 0 N–H and O–H groups in total. The van der Waals surface area contributed by atoms with Gasteiger partial charge in [-0.2, -0.15) is 0 Å². The van der Waals surface area contributed by atoms with Gasteiger partial charge in [0.1, 0.15) is 6.54 Å². The van der Waals surface area contributed by atoms with Gasteiger partial charge in [0, 0.05) is 6.54 Å². The molecule has 1 rings (SSSR count). The fourth-order valence-corrected chi connectivity index (χ4v) is 1.72. The van der Waals surface area contributed by atoms with Gasteiger partial charge in [-0.15, -0.1) is 0 Å². The van der Waals surface area contributed by atoms with Gasteiger partial charge < -0.3 is 9.64 Å². The van der Waals surface area contributed by atoms with E-state index in [1.54, 1.807) is 0 Å². The molecule has 0 radical (unpaired) electrons. The van der Waals surface area contributed by atoms with E-state index in [0.717, 1.165) is 12.1 Å². The second kappa shape index (κ2) is 7.57. The van der Waals surface area contributed by atoms with Crippen molar-refractivity contribution in [1.29, 1.82) is 0 Å². The number of esters is 1. The monoisotopic (exact) mass is 285 g/mol. The van der Waals surface area contributed by atoms with E-state index in [-0.39, 0.29) is 18.9 Å². The second-order valence-electron chi connectivity index (χ2n) is 4.32. The molecule has 0 aliphatic heterocycles. The van der Waals surface area contributed by atoms with Gasteiger partial charge >= 0.3 is 5.97 Å². The minimum absolute atomic E-state index is 0.0891. The van der Waals surface area contributed by atoms with Crippen LogP contribution in [-0.4, -0.2) is 37.0 Å². The van der Waals surface area contributed by atoms with Gasteiger partial charge in [-0.3, -0.25) is 9.59 Å². The van der Waals surface area contributed by atoms with Gasteiger partial charge in [0.2, 0.25) is 5.91 Å². The van der Waals surface area contributed by atoms with Crippen molar-refractivity contribution in [3.05, 3.63) is 35.4 Å². The van der Waals surface area contributed by atoms with Gasteiger partial charge in [0.15, 0.2) is 11.6 Å². The van der Waals surface area contributed by atoms with Crippen LogP contribution in [0.1, 0.15) is 18.9 Å². The fourth-order valence-electron chi connectivity index (χ4n) is 1.72. The number of rotatable bonds is 6. The summed E-state index contributed by atoms with van der Waals surface area (Å²) in [6.45, 7) is 2.12. The molecule has 110 valence electrons. The van der Waals surface area contributed by atoms with Crippen LogP contribution >= 0.6 is 0 Å². The van der Waals surface area contributed by atoms with E-state index < -0.39 is 17.6 Å². The van der Waals surface area contributed by atoms with Crippen molar-refractivity contribution < 1.29 is 23.1 Å². The molecular formula is C14H17F2NO3. The Labute approximate surface area is 116 Å². The summed E-state index contributed by atoms with van der Waals surface area (Å²) in [7, 11) is 1.24. The first-order chi connectivity index (χ1) is 9.47. The predicted octanol–water partition coefficient (Wildman–Crippen LogP) is 1.92. The van der Waals surface area contributed by atoms with Crippen molar-refractivity contribution in [3.63, 3.8) is 0 Å². The number of hydrogen-bond donors (Lipinski definition) is 0. The lowest BCUT2D eigenvalue weighted by Crippen LogP contribution is -2.37. The fraction of sp³-hybridized carbons (Fsp3) is 0.429. The molecule has 1 amide bonds. The molecule has 1 aromatic carbocycles. The number of nitrogens with zero attached hydrogens (tertiary/aromatic N) is 1. The van der Waals surface area contributed by atoms with E-state index in [1.165, 1.54) is 18.1 Å². The van der Waals surface area contributed by atoms with Crippen molar-refractivity contribution in [2.24, 2.45) is 0 Å². The third-order valence-electron chi connectivity index (χ3n) is 2.73. The number of amides is 1. The van der Waals surface area contributed by atoms with Crippen molar-refractivity contribution >= 4 is 11.9 Å². The largest absolute Gasteiger partial charge is 0.468 e. The standard InChI is InChI=1S/C14H17F2NO3/c1-3-6-17(9-14(19)20-2)13(18)8-10-4-5-11(15)12(16)7-10/h4-5,7H,3,6,8-9H2,1-2H3. The maximum atomic E-state index is 13.1. The molecule has 0 aliphatic carbocycles. The number of carbonyl (C=O) groups excluding carboxylic acids is 2. The second-order valence-corrected chi connectivity index (χ2v) is 4.32. The lowest BCUT2D eigenvalue weighted by molar-refractivity contribution is -0.146. The summed E-state index contributed by atoms with van der Waals surface area (Å²) in [5, 5.41) is 0. The van der Waals surface area contributed by atoms with Crippen LogP contribution in [0.3, 0.4) is 0 Å². The summed E-state index contributed by atoms with van der Waals surface area (Å²) in [5.74, 6) is -2.80. The maximum absolute atomic E-state index is 13.1. The van der Waals surface area contributed by atoms with E-state index in [9.17, 15) is 18.4 Å². The Bertz CT molecular complexity index is 491. The van der Waals surface area contributed by atoms with Crippen molar-refractivity contribution in [1.82, 2.24) is 4.90 Å². The molecule has 4 nitrogen and oxygen atoms in total. The number of hydrogen-bond acceptors (Lipinski definition) is 3. The minimum atomic E-state index is -0.995. The Kier molecular flexibility index (Phi) is 6.09. The highest BCUT2D eigenvalue weighted by molar-refractivity contribution is 5.83. The van der Waals surface area contributed by atoms with E-state index in [4.69, 9.17) is 0 Å². The molecule has 0 aliphatic rings. The number of ether oxygens (including phenoxy) is 1. The molecule has 6 heteroatoms. The third kappa shape index (κ3) is 4.60. The van der Waals surface area contributed by atoms with Gasteiger partial charge in [-0.25, -0.2) is 8.78 Å². The first-order valence-corrected chi connectivity index (χ1v) is 6.26. The van der Waals surface area contributed by atoms with Crippen LogP contribution in [0.15, 0.2) is 18.2 Å². The molecule has 0 fully saturated rings. The number of methoxy groups -OCH3 is 1. The average Bonchev–Trinajstić information content (AvgIpc) is 2.42. The number of benzene rings is 1. The molecule has 0 saturated carbocycles. The Hall–Kier alpha value is -1.98. The highest BCUT2D eigenvalue weighted by atomic mass is 19.2. The first-order valence-electron chi connectivity index (χ1n) is 6.26. The predicted molar refractivity (Wildman–Crippen MR) is 68.9 cm³/mol. The first kappa shape index (κ1) is 16.1. The van der Waals surface area contributed by atoms with Crippen LogP contribution in [0.4, 0.5) is 8.78 Å². The SMILES string of the molecule is CCCN(CC(=O)OC)C(=O)Cc1ccc(F)c(F)c1. The lowest BCUT2D eigenvalue weighted by Gasteiger charge is -2.20. The van der Waals surface area contributed by atoms with Crippen LogP contribution in [0.25, 0.3) is 0 Å². The Balaban J connectivity index is 2.74. The number of carbonyl (C=O) groups is 2. The Morgan fingerprint density at radius 1 is 1.25 bits per heavy atom. The summed E-state index contributed by atoms with van der Waals surface area (Å²) < 4.78 is 30.4. The summed E-state index contributed by atoms with van der Waals surface area (Å²) in [4.78, 5) is 24.6. The zero-order valence-corrected chi connectivity index (χ0v) is 11.5. The molecule has 0 unspecified atom stereocenters. The Morgan fingerprint density at radius 2 is 1.95 bits per heavy atom. The molecule has 0 saturated heterocycles. The van der Waals surface area contributed by atoms with Crippen LogP contribution in [0, 0.1) is 11.6 Å². The molecule has 0 atom stereocenters. The van der Waals surface area contributed by atoms with Crippen LogP contribution in [0.5, 0.6) is 0 Å². The van der Waals surface area contributed by atoms with Crippen LogP contribution < -0.4 is 0 Å². The number of halogens is 2. The molecule has 0 aromatic heterocycles. The van der Waals surface area contributed by atoms with E-state index in [1.807, 2.05) is 6.92 Å². The van der Waals surface area contributed by atoms with Crippen molar-refractivity contribution in [3.8, 4) is 0 Å². The Morgan fingerprint density at radius 3 is 2.50 bits per heavy atom. The average molecular weight is 285 g/mol. The van der Waals surface area contributed by atoms with Crippen molar-refractivity contribution in [2.45, 2.75) is 19.8 Å². The van der Waals surface area contributed by atoms with Gasteiger partial charge in [-0.1, -0.05) is 13.0 Å². The molecular weight excluding hydrogens is 268 g/mol. The summed E-state index contributed by atoms with van der Waals surface area (Å²) in [5.41, 5.74) is 0.361. The highest BCUT2D eigenvalue weighted by Gasteiger charge is 2.17. The van der Waals surface area contributed by atoms with E-state index in [2.05, 4.69) is 4.74 Å². The van der Waals surface area contributed by atoms with E-state index >= 15 is 0 Å². The normalized spacial score (nSPS) is 10.2. The summed E-state index contributed by atoms with van der Waals surface area (Å²) >= 11 is 0. The maximum Gasteiger partial charge on any atom is 0.325 e. The van der Waals surface area contributed by atoms with Gasteiger partial charge in [0.05, 0.1) is 13.5 Å². The highest BCUT2D eigenvalue weighted by Crippen LogP contribution is 2.10. The van der Waals surface area contributed by atoms with E-state index in [0.29, 0.717) is 18.5 Å². The quantitative estimate of drug-likeness (QED) is 0.750. The van der Waals surface area contributed by atoms with Crippen molar-refractivity contribution in [2.75, 3.05) is 20.2 Å². The van der Waals surface area contributed by atoms with Gasteiger partial charge in [0.25, 0.3) is 0 Å². The summed E-state index contributed by atoms with van der Waals surface area (Å²) in [6, 6.07) is 3.30. The van der Waals surface area contributed by atoms with Gasteiger partial charge in [-0.05, 0) is 24.1 Å².